The number of rotatable bonds is 7. The fourth-order valence-electron chi connectivity index (χ4n) is 2.03. The van der Waals surface area contributed by atoms with E-state index in [2.05, 4.69) is 4.98 Å². The van der Waals surface area contributed by atoms with Crippen LogP contribution in [0.5, 0.6) is 0 Å². The largest absolute Gasteiger partial charge is 0.372 e. The van der Waals surface area contributed by atoms with Gasteiger partial charge < -0.3 is 10.5 Å². The van der Waals surface area contributed by atoms with Crippen LogP contribution in [0.15, 0.2) is 48.8 Å². The van der Waals surface area contributed by atoms with Crippen LogP contribution in [0.2, 0.25) is 0 Å². The molecule has 1 atom stereocenters. The molecule has 2 aromatic rings. The summed E-state index contributed by atoms with van der Waals surface area (Å²) in [6.07, 6.45) is 5.27. The van der Waals surface area contributed by atoms with Crippen LogP contribution in [0.25, 0.3) is 0 Å². The van der Waals surface area contributed by atoms with Gasteiger partial charge in [0.15, 0.2) is 0 Å². The molecule has 0 aliphatic heterocycles. The highest BCUT2D eigenvalue weighted by atomic mass is 19.1. The highest BCUT2D eigenvalue weighted by molar-refractivity contribution is 5.19. The number of aryl methyl sites for hydroxylation is 1. The normalized spacial score (nSPS) is 12.3. The number of halogens is 1. The predicted molar refractivity (Wildman–Crippen MR) is 76.7 cm³/mol. The second-order valence-corrected chi connectivity index (χ2v) is 4.61. The van der Waals surface area contributed by atoms with E-state index in [1.807, 2.05) is 12.1 Å². The molecule has 2 N–H and O–H groups in total. The number of aromatic nitrogens is 1. The van der Waals surface area contributed by atoms with Crippen LogP contribution in [-0.2, 0) is 11.2 Å². The molecule has 0 spiro atoms. The van der Waals surface area contributed by atoms with Crippen LogP contribution in [0.1, 0.15) is 23.7 Å². The van der Waals surface area contributed by atoms with Crippen LogP contribution in [0.4, 0.5) is 4.39 Å². The maximum Gasteiger partial charge on any atom is 0.123 e. The molecule has 0 saturated heterocycles. The van der Waals surface area contributed by atoms with Gasteiger partial charge in [0.25, 0.3) is 0 Å². The number of ether oxygens (including phenoxy) is 1. The molecular formula is C16H19FN2O. The summed E-state index contributed by atoms with van der Waals surface area (Å²) in [5.74, 6) is -0.248. The van der Waals surface area contributed by atoms with Crippen molar-refractivity contribution in [2.24, 2.45) is 5.73 Å². The number of nitrogens with zero attached hydrogens (tertiary/aromatic N) is 1. The minimum atomic E-state index is -0.248. The first-order valence-corrected chi connectivity index (χ1v) is 6.75. The van der Waals surface area contributed by atoms with Crippen molar-refractivity contribution in [2.75, 3.05) is 13.2 Å². The van der Waals surface area contributed by atoms with Crippen molar-refractivity contribution in [1.29, 1.82) is 0 Å². The third kappa shape index (κ3) is 4.40. The Balaban J connectivity index is 1.78. The average molecular weight is 274 g/mol. The molecule has 4 heteroatoms. The van der Waals surface area contributed by atoms with Crippen molar-refractivity contribution in [3.63, 3.8) is 0 Å². The molecular weight excluding hydrogens is 255 g/mol. The quantitative estimate of drug-likeness (QED) is 0.790. The Bertz CT molecular complexity index is 502. The Hall–Kier alpha value is -1.78. The van der Waals surface area contributed by atoms with Gasteiger partial charge in [0, 0.05) is 25.5 Å². The van der Waals surface area contributed by atoms with Crippen LogP contribution in [0, 0.1) is 5.82 Å². The van der Waals surface area contributed by atoms with Gasteiger partial charge in [-0.3, -0.25) is 4.98 Å². The monoisotopic (exact) mass is 274 g/mol. The van der Waals surface area contributed by atoms with Gasteiger partial charge in [-0.25, -0.2) is 4.39 Å². The number of hydrogen-bond donors (Lipinski definition) is 1. The topological polar surface area (TPSA) is 48.1 Å². The van der Waals surface area contributed by atoms with Crippen LogP contribution < -0.4 is 5.73 Å². The molecule has 20 heavy (non-hydrogen) atoms. The van der Waals surface area contributed by atoms with E-state index in [0.717, 1.165) is 18.4 Å². The van der Waals surface area contributed by atoms with Crippen molar-refractivity contribution < 1.29 is 9.13 Å². The van der Waals surface area contributed by atoms with E-state index in [9.17, 15) is 4.39 Å². The average Bonchev–Trinajstić information content (AvgIpc) is 2.50. The van der Waals surface area contributed by atoms with Crippen molar-refractivity contribution in [1.82, 2.24) is 4.98 Å². The van der Waals surface area contributed by atoms with Gasteiger partial charge in [-0.15, -0.1) is 0 Å². The van der Waals surface area contributed by atoms with Gasteiger partial charge in [-0.1, -0.05) is 12.1 Å². The first-order valence-electron chi connectivity index (χ1n) is 6.75. The van der Waals surface area contributed by atoms with Gasteiger partial charge in [0.1, 0.15) is 5.82 Å². The SMILES string of the molecule is NCC(OCCCc1ccncc1)c1ccc(F)cc1. The Morgan fingerprint density at radius 2 is 1.80 bits per heavy atom. The molecule has 1 aromatic heterocycles. The summed E-state index contributed by atoms with van der Waals surface area (Å²) >= 11 is 0. The summed E-state index contributed by atoms with van der Waals surface area (Å²) in [4.78, 5) is 3.98. The third-order valence-electron chi connectivity index (χ3n) is 3.13. The van der Waals surface area contributed by atoms with Crippen LogP contribution in [0.3, 0.4) is 0 Å². The molecule has 2 rings (SSSR count). The Morgan fingerprint density at radius 3 is 2.45 bits per heavy atom. The molecule has 3 nitrogen and oxygen atoms in total. The molecule has 0 amide bonds. The Kier molecular flexibility index (Phi) is 5.65. The first-order chi connectivity index (χ1) is 9.79. The van der Waals surface area contributed by atoms with E-state index in [-0.39, 0.29) is 11.9 Å². The van der Waals surface area contributed by atoms with Gasteiger partial charge in [-0.2, -0.15) is 0 Å². The molecule has 1 heterocycles. The highest BCUT2D eigenvalue weighted by Crippen LogP contribution is 2.17. The second-order valence-electron chi connectivity index (χ2n) is 4.61. The number of benzene rings is 1. The number of nitrogens with two attached hydrogens (primary N) is 1. The van der Waals surface area contributed by atoms with Crippen LogP contribution in [-0.4, -0.2) is 18.1 Å². The van der Waals surface area contributed by atoms with Crippen LogP contribution >= 0.6 is 0 Å². The summed E-state index contributed by atoms with van der Waals surface area (Å²) in [6.45, 7) is 1.02. The number of pyridine rings is 1. The van der Waals surface area contributed by atoms with E-state index in [0.29, 0.717) is 13.2 Å². The standard InChI is InChI=1S/C16H19FN2O/c17-15-5-3-14(4-6-15)16(12-18)20-11-1-2-13-7-9-19-10-8-13/h3-10,16H,1-2,11-12,18H2. The zero-order valence-corrected chi connectivity index (χ0v) is 11.3. The number of hydrogen-bond acceptors (Lipinski definition) is 3. The lowest BCUT2D eigenvalue weighted by molar-refractivity contribution is 0.0570. The molecule has 0 fully saturated rings. The minimum Gasteiger partial charge on any atom is -0.372 e. The minimum absolute atomic E-state index is 0.173. The van der Waals surface area contributed by atoms with Gasteiger partial charge in [0.2, 0.25) is 0 Å². The summed E-state index contributed by atoms with van der Waals surface area (Å²) in [7, 11) is 0. The molecule has 106 valence electrons. The van der Waals surface area contributed by atoms with E-state index < -0.39 is 0 Å². The van der Waals surface area contributed by atoms with E-state index in [4.69, 9.17) is 10.5 Å². The summed E-state index contributed by atoms with van der Waals surface area (Å²) in [5, 5.41) is 0. The first kappa shape index (κ1) is 14.6. The molecule has 0 bridgehead atoms. The maximum atomic E-state index is 12.9. The van der Waals surface area contributed by atoms with Gasteiger partial charge in [-0.05, 0) is 48.2 Å². The summed E-state index contributed by atoms with van der Waals surface area (Å²) < 4.78 is 18.6. The van der Waals surface area contributed by atoms with Crippen molar-refractivity contribution >= 4 is 0 Å². The Labute approximate surface area is 118 Å². The molecule has 0 aliphatic rings. The zero-order valence-electron chi connectivity index (χ0n) is 11.3. The van der Waals surface area contributed by atoms with Gasteiger partial charge >= 0.3 is 0 Å². The van der Waals surface area contributed by atoms with Crippen molar-refractivity contribution in [3.05, 3.63) is 65.7 Å². The lowest BCUT2D eigenvalue weighted by atomic mass is 10.1. The zero-order chi connectivity index (χ0) is 14.2. The molecule has 1 aromatic carbocycles. The predicted octanol–water partition coefficient (Wildman–Crippen LogP) is 2.87. The fraction of sp³-hybridized carbons (Fsp3) is 0.312. The van der Waals surface area contributed by atoms with E-state index in [1.54, 1.807) is 24.5 Å². The van der Waals surface area contributed by atoms with E-state index in [1.165, 1.54) is 17.7 Å². The lowest BCUT2D eigenvalue weighted by Crippen LogP contribution is -2.16. The molecule has 0 saturated carbocycles. The third-order valence-corrected chi connectivity index (χ3v) is 3.13. The molecule has 1 unspecified atom stereocenters. The van der Waals surface area contributed by atoms with Gasteiger partial charge in [0.05, 0.1) is 6.10 Å². The highest BCUT2D eigenvalue weighted by Gasteiger charge is 2.09. The Morgan fingerprint density at radius 1 is 1.10 bits per heavy atom. The van der Waals surface area contributed by atoms with Crippen molar-refractivity contribution in [2.45, 2.75) is 18.9 Å². The fourth-order valence-corrected chi connectivity index (χ4v) is 2.03. The smallest absolute Gasteiger partial charge is 0.123 e. The second kappa shape index (κ2) is 7.72. The summed E-state index contributed by atoms with van der Waals surface area (Å²) in [6, 6.07) is 10.3. The molecule has 0 radical (unpaired) electrons. The summed E-state index contributed by atoms with van der Waals surface area (Å²) in [5.41, 5.74) is 7.87. The van der Waals surface area contributed by atoms with E-state index >= 15 is 0 Å². The lowest BCUT2D eigenvalue weighted by Gasteiger charge is -2.16. The maximum absolute atomic E-state index is 12.9. The van der Waals surface area contributed by atoms with Crippen molar-refractivity contribution in [3.8, 4) is 0 Å². The molecule has 0 aliphatic carbocycles.